The summed E-state index contributed by atoms with van der Waals surface area (Å²) in [6, 6.07) is 18.3. The molecule has 6 nitrogen and oxygen atoms in total. The van der Waals surface area contributed by atoms with Crippen LogP contribution >= 0.6 is 0 Å². The Bertz CT molecular complexity index is 1030. The van der Waals surface area contributed by atoms with Gasteiger partial charge in [0.05, 0.1) is 0 Å². The number of para-hydroxylation sites is 1. The van der Waals surface area contributed by atoms with Gasteiger partial charge in [-0.05, 0) is 49.2 Å². The van der Waals surface area contributed by atoms with E-state index < -0.39 is 5.97 Å². The van der Waals surface area contributed by atoms with Crippen LogP contribution in [0.4, 0.5) is 0 Å². The summed E-state index contributed by atoms with van der Waals surface area (Å²) in [5.41, 5.74) is 3.49. The first-order valence-corrected chi connectivity index (χ1v) is 9.59. The molecule has 0 aliphatic heterocycles. The van der Waals surface area contributed by atoms with Gasteiger partial charge < -0.3 is 14.4 Å². The fraction of sp³-hybridized carbons (Fsp3) is 0.208. The van der Waals surface area contributed by atoms with Crippen molar-refractivity contribution >= 4 is 11.9 Å². The summed E-state index contributed by atoms with van der Waals surface area (Å²) in [4.78, 5) is 30.6. The molecule has 0 aliphatic carbocycles. The quantitative estimate of drug-likeness (QED) is 0.549. The zero-order valence-electron chi connectivity index (χ0n) is 17.3. The summed E-state index contributed by atoms with van der Waals surface area (Å²) in [6.45, 7) is 4.12. The maximum Gasteiger partial charge on any atom is 0.344 e. The second-order valence-corrected chi connectivity index (χ2v) is 7.03. The van der Waals surface area contributed by atoms with Crippen LogP contribution in [0.5, 0.6) is 11.6 Å². The number of aryl methyl sites for hydroxylation is 2. The molecule has 3 rings (SSSR count). The van der Waals surface area contributed by atoms with Gasteiger partial charge in [0.15, 0.2) is 6.61 Å². The smallest absolute Gasteiger partial charge is 0.344 e. The van der Waals surface area contributed by atoms with E-state index in [0.717, 1.165) is 11.1 Å². The molecule has 154 valence electrons. The summed E-state index contributed by atoms with van der Waals surface area (Å²) >= 11 is 0. The van der Waals surface area contributed by atoms with E-state index in [9.17, 15) is 9.59 Å². The summed E-state index contributed by atoms with van der Waals surface area (Å²) in [6.07, 6.45) is 1.53. The predicted molar refractivity (Wildman–Crippen MR) is 113 cm³/mol. The van der Waals surface area contributed by atoms with Gasteiger partial charge in [-0.2, -0.15) is 0 Å². The lowest BCUT2D eigenvalue weighted by atomic mass is 10.1. The Labute approximate surface area is 176 Å². The molecule has 0 N–H and O–H groups in total. The second-order valence-electron chi connectivity index (χ2n) is 7.03. The SMILES string of the molecule is Cc1ccc(CN(C)C(=O)COC(=O)c2cccnc2Oc2ccccc2)c(C)c1. The number of benzene rings is 2. The van der Waals surface area contributed by atoms with Crippen molar-refractivity contribution in [2.45, 2.75) is 20.4 Å². The Balaban J connectivity index is 1.60. The number of rotatable bonds is 7. The molecule has 30 heavy (non-hydrogen) atoms. The number of pyridine rings is 1. The van der Waals surface area contributed by atoms with E-state index in [-0.39, 0.29) is 24.0 Å². The number of likely N-dealkylation sites (N-methyl/N-ethyl adjacent to an activating group) is 1. The molecule has 0 unspecified atom stereocenters. The fourth-order valence-electron chi connectivity index (χ4n) is 2.91. The van der Waals surface area contributed by atoms with E-state index in [1.54, 1.807) is 31.3 Å². The van der Waals surface area contributed by atoms with Crippen molar-refractivity contribution in [1.82, 2.24) is 9.88 Å². The van der Waals surface area contributed by atoms with Crippen molar-refractivity contribution in [3.05, 3.63) is 89.1 Å². The van der Waals surface area contributed by atoms with Gasteiger partial charge in [0.25, 0.3) is 5.91 Å². The van der Waals surface area contributed by atoms with Gasteiger partial charge in [0, 0.05) is 19.8 Å². The van der Waals surface area contributed by atoms with Crippen molar-refractivity contribution < 1.29 is 19.1 Å². The van der Waals surface area contributed by atoms with Crippen molar-refractivity contribution in [3.8, 4) is 11.6 Å². The van der Waals surface area contributed by atoms with Crippen LogP contribution in [0.15, 0.2) is 66.9 Å². The first-order valence-electron chi connectivity index (χ1n) is 9.59. The van der Waals surface area contributed by atoms with Gasteiger partial charge in [-0.3, -0.25) is 4.79 Å². The third-order valence-electron chi connectivity index (χ3n) is 4.61. The average Bonchev–Trinajstić information content (AvgIpc) is 2.74. The van der Waals surface area contributed by atoms with Crippen LogP contribution < -0.4 is 4.74 Å². The topological polar surface area (TPSA) is 68.7 Å². The molecular formula is C24H24N2O4. The van der Waals surface area contributed by atoms with Crippen LogP contribution in [-0.2, 0) is 16.1 Å². The third-order valence-corrected chi connectivity index (χ3v) is 4.61. The number of carbonyl (C=O) groups excluding carboxylic acids is 2. The van der Waals surface area contributed by atoms with Gasteiger partial charge in [-0.25, -0.2) is 9.78 Å². The van der Waals surface area contributed by atoms with Crippen LogP contribution in [0.25, 0.3) is 0 Å². The molecule has 0 atom stereocenters. The first kappa shape index (κ1) is 21.0. The Kier molecular flexibility index (Phi) is 6.80. The van der Waals surface area contributed by atoms with Gasteiger partial charge in [-0.1, -0.05) is 42.0 Å². The standard InChI is InChI=1S/C24H24N2O4/c1-17-11-12-19(18(2)14-17)15-26(3)22(27)16-29-24(28)21-10-7-13-25-23(21)30-20-8-5-4-6-9-20/h4-14H,15-16H2,1-3H3. The minimum absolute atomic E-state index is 0.129. The van der Waals surface area contributed by atoms with E-state index in [2.05, 4.69) is 11.1 Å². The first-order chi connectivity index (χ1) is 14.4. The Hall–Kier alpha value is -3.67. The van der Waals surface area contributed by atoms with Crippen molar-refractivity contribution in [2.24, 2.45) is 0 Å². The highest BCUT2D eigenvalue weighted by molar-refractivity contribution is 5.93. The molecule has 0 saturated heterocycles. The minimum atomic E-state index is -0.665. The Morgan fingerprint density at radius 2 is 1.77 bits per heavy atom. The second kappa shape index (κ2) is 9.69. The summed E-state index contributed by atoms with van der Waals surface area (Å²) < 4.78 is 10.9. The van der Waals surface area contributed by atoms with E-state index >= 15 is 0 Å². The lowest BCUT2D eigenvalue weighted by molar-refractivity contribution is -0.133. The number of hydrogen-bond donors (Lipinski definition) is 0. The van der Waals surface area contributed by atoms with Crippen molar-refractivity contribution in [3.63, 3.8) is 0 Å². The van der Waals surface area contributed by atoms with E-state index in [0.29, 0.717) is 12.3 Å². The number of aromatic nitrogens is 1. The number of amides is 1. The van der Waals surface area contributed by atoms with Crippen LogP contribution in [0.1, 0.15) is 27.0 Å². The number of hydrogen-bond acceptors (Lipinski definition) is 5. The Morgan fingerprint density at radius 3 is 2.50 bits per heavy atom. The third kappa shape index (κ3) is 5.44. The number of nitrogens with zero attached hydrogens (tertiary/aromatic N) is 2. The highest BCUT2D eigenvalue weighted by Crippen LogP contribution is 2.23. The molecule has 0 fully saturated rings. The zero-order chi connectivity index (χ0) is 21.5. The molecule has 1 aromatic heterocycles. The zero-order valence-corrected chi connectivity index (χ0v) is 17.3. The van der Waals surface area contributed by atoms with Gasteiger partial charge in [0.1, 0.15) is 11.3 Å². The highest BCUT2D eigenvalue weighted by atomic mass is 16.5. The predicted octanol–water partition coefficient (Wildman–Crippen LogP) is 4.31. The number of carbonyl (C=O) groups is 2. The van der Waals surface area contributed by atoms with Crippen molar-refractivity contribution in [1.29, 1.82) is 0 Å². The number of esters is 1. The molecule has 3 aromatic rings. The van der Waals surface area contributed by atoms with E-state index in [1.807, 2.05) is 44.2 Å². The molecule has 1 heterocycles. The van der Waals surface area contributed by atoms with Crippen LogP contribution in [0.3, 0.4) is 0 Å². The lowest BCUT2D eigenvalue weighted by Crippen LogP contribution is -2.31. The Morgan fingerprint density at radius 1 is 1.00 bits per heavy atom. The molecule has 0 spiro atoms. The largest absolute Gasteiger partial charge is 0.452 e. The molecule has 0 radical (unpaired) electrons. The van der Waals surface area contributed by atoms with Crippen molar-refractivity contribution in [2.75, 3.05) is 13.7 Å². The molecule has 0 saturated carbocycles. The van der Waals surface area contributed by atoms with Gasteiger partial charge in [-0.15, -0.1) is 0 Å². The summed E-state index contributed by atoms with van der Waals surface area (Å²) in [5, 5.41) is 0. The van der Waals surface area contributed by atoms with Gasteiger partial charge >= 0.3 is 5.97 Å². The van der Waals surface area contributed by atoms with E-state index in [1.165, 1.54) is 16.7 Å². The minimum Gasteiger partial charge on any atom is -0.452 e. The molecule has 1 amide bonds. The normalized spacial score (nSPS) is 10.4. The molecular weight excluding hydrogens is 380 g/mol. The maximum absolute atomic E-state index is 12.5. The van der Waals surface area contributed by atoms with Crippen LogP contribution in [0.2, 0.25) is 0 Å². The monoisotopic (exact) mass is 404 g/mol. The van der Waals surface area contributed by atoms with E-state index in [4.69, 9.17) is 9.47 Å². The number of ether oxygens (including phenoxy) is 2. The van der Waals surface area contributed by atoms with Crippen LogP contribution in [0, 0.1) is 13.8 Å². The molecule has 0 bridgehead atoms. The summed E-state index contributed by atoms with van der Waals surface area (Å²) in [7, 11) is 1.68. The molecule has 6 heteroatoms. The van der Waals surface area contributed by atoms with Crippen LogP contribution in [-0.4, -0.2) is 35.4 Å². The maximum atomic E-state index is 12.5. The highest BCUT2D eigenvalue weighted by Gasteiger charge is 2.19. The molecule has 2 aromatic carbocycles. The lowest BCUT2D eigenvalue weighted by Gasteiger charge is -2.19. The molecule has 0 aliphatic rings. The fourth-order valence-corrected chi connectivity index (χ4v) is 2.91. The summed E-state index contributed by atoms with van der Waals surface area (Å²) in [5.74, 6) is -0.278. The van der Waals surface area contributed by atoms with Gasteiger partial charge in [0.2, 0.25) is 5.88 Å². The average molecular weight is 404 g/mol.